The van der Waals surface area contributed by atoms with Crippen molar-refractivity contribution in [3.05, 3.63) is 48.0 Å². The number of pyridine rings is 1. The van der Waals surface area contributed by atoms with Gasteiger partial charge in [-0.1, -0.05) is 0 Å². The van der Waals surface area contributed by atoms with Gasteiger partial charge in [-0.25, -0.2) is 0 Å². The van der Waals surface area contributed by atoms with E-state index in [1.54, 1.807) is 28.0 Å². The Bertz CT molecular complexity index is 876. The van der Waals surface area contributed by atoms with E-state index in [1.807, 2.05) is 25.3 Å². The van der Waals surface area contributed by atoms with Crippen LogP contribution in [0.4, 0.5) is 0 Å². The van der Waals surface area contributed by atoms with Gasteiger partial charge in [0.25, 0.3) is 5.91 Å². The van der Waals surface area contributed by atoms with Crippen molar-refractivity contribution in [2.24, 2.45) is 11.3 Å². The number of hydrogen-bond donors (Lipinski definition) is 1. The molecule has 2 aromatic rings. The van der Waals surface area contributed by atoms with Crippen LogP contribution in [0.5, 0.6) is 0 Å². The quantitative estimate of drug-likeness (QED) is 0.779. The number of carbonyl (C=O) groups is 2. The van der Waals surface area contributed by atoms with Gasteiger partial charge >= 0.3 is 0 Å². The second-order valence-corrected chi connectivity index (χ2v) is 8.17. The molecule has 2 aromatic heterocycles. The third-order valence-corrected chi connectivity index (χ3v) is 6.39. The first-order valence-corrected chi connectivity index (χ1v) is 10.7. The zero-order valence-electron chi connectivity index (χ0n) is 17.4. The van der Waals surface area contributed by atoms with Crippen molar-refractivity contribution in [1.29, 1.82) is 0 Å². The Balaban J connectivity index is 1.44. The average molecular weight is 412 g/mol. The summed E-state index contributed by atoms with van der Waals surface area (Å²) in [6, 6.07) is 5.67. The molecule has 0 bridgehead atoms. The minimum Gasteiger partial charge on any atom is -0.381 e. The fraction of sp³-hybridized carbons (Fsp3) is 0.545. The van der Waals surface area contributed by atoms with Crippen LogP contribution in [0.25, 0.3) is 0 Å². The van der Waals surface area contributed by atoms with Crippen molar-refractivity contribution in [3.8, 4) is 0 Å². The smallest absolute Gasteiger partial charge is 0.274 e. The van der Waals surface area contributed by atoms with Crippen molar-refractivity contribution in [3.63, 3.8) is 0 Å². The summed E-state index contributed by atoms with van der Waals surface area (Å²) >= 11 is 0. The summed E-state index contributed by atoms with van der Waals surface area (Å²) in [7, 11) is 0. The lowest BCUT2D eigenvalue weighted by atomic mass is 9.71. The molecule has 30 heavy (non-hydrogen) atoms. The highest BCUT2D eigenvalue weighted by Gasteiger charge is 2.51. The van der Waals surface area contributed by atoms with Gasteiger partial charge in [0.1, 0.15) is 5.69 Å². The van der Waals surface area contributed by atoms with E-state index in [9.17, 15) is 9.59 Å². The van der Waals surface area contributed by atoms with Crippen LogP contribution in [-0.4, -0.2) is 64.3 Å². The first kappa shape index (κ1) is 20.5. The van der Waals surface area contributed by atoms with Gasteiger partial charge < -0.3 is 15.0 Å². The molecule has 0 radical (unpaired) electrons. The van der Waals surface area contributed by atoms with E-state index in [4.69, 9.17) is 4.74 Å². The number of aryl methyl sites for hydroxylation is 1. The molecule has 160 valence electrons. The van der Waals surface area contributed by atoms with Crippen LogP contribution in [-0.2, 0) is 22.5 Å². The first-order valence-electron chi connectivity index (χ1n) is 10.7. The van der Waals surface area contributed by atoms with E-state index in [0.717, 1.165) is 31.4 Å². The Morgan fingerprint density at radius 1 is 1.23 bits per heavy atom. The molecule has 8 nitrogen and oxygen atoms in total. The molecule has 2 aliphatic heterocycles. The van der Waals surface area contributed by atoms with Crippen LogP contribution in [0.3, 0.4) is 0 Å². The maximum atomic E-state index is 13.1. The number of aromatic nitrogens is 3. The van der Waals surface area contributed by atoms with Gasteiger partial charge in [0, 0.05) is 63.4 Å². The van der Waals surface area contributed by atoms with Crippen LogP contribution in [0.2, 0.25) is 0 Å². The van der Waals surface area contributed by atoms with E-state index < -0.39 is 0 Å². The highest BCUT2D eigenvalue weighted by Crippen LogP contribution is 2.44. The summed E-state index contributed by atoms with van der Waals surface area (Å²) in [6.07, 6.45) is 7.68. The van der Waals surface area contributed by atoms with Crippen molar-refractivity contribution >= 4 is 11.8 Å². The standard InChI is InChI=1S/C22H29N5O3/c1-2-27-12-6-19(25-27)21(29)26-15-18(22(16-26)7-13-30-14-8-22)20(28)24-11-5-17-3-9-23-10-4-17/h3-4,6,9-10,12,18H,2,5,7-8,11,13-16H2,1H3,(H,24,28). The van der Waals surface area contributed by atoms with E-state index in [2.05, 4.69) is 15.4 Å². The number of ether oxygens (including phenoxy) is 1. The molecule has 1 spiro atoms. The second kappa shape index (κ2) is 8.95. The Morgan fingerprint density at radius 3 is 2.70 bits per heavy atom. The van der Waals surface area contributed by atoms with Crippen molar-refractivity contribution in [2.75, 3.05) is 32.8 Å². The Kier molecular flexibility index (Phi) is 6.13. The van der Waals surface area contributed by atoms with Crippen molar-refractivity contribution in [2.45, 2.75) is 32.7 Å². The third kappa shape index (κ3) is 4.23. The average Bonchev–Trinajstić information content (AvgIpc) is 3.40. The number of rotatable bonds is 6. The van der Waals surface area contributed by atoms with Gasteiger partial charge in [0.05, 0.1) is 5.92 Å². The number of carbonyl (C=O) groups excluding carboxylic acids is 2. The summed E-state index contributed by atoms with van der Waals surface area (Å²) in [6.45, 7) is 5.55. The lowest BCUT2D eigenvalue weighted by Gasteiger charge is -2.37. The number of nitrogens with zero attached hydrogens (tertiary/aromatic N) is 4. The molecule has 1 atom stereocenters. The molecular formula is C22H29N5O3. The lowest BCUT2D eigenvalue weighted by molar-refractivity contribution is -0.129. The maximum absolute atomic E-state index is 13.1. The lowest BCUT2D eigenvalue weighted by Crippen LogP contribution is -2.44. The van der Waals surface area contributed by atoms with Gasteiger partial charge in [-0.15, -0.1) is 0 Å². The van der Waals surface area contributed by atoms with Crippen LogP contribution in [0.15, 0.2) is 36.8 Å². The van der Waals surface area contributed by atoms with Crippen LogP contribution in [0.1, 0.15) is 35.8 Å². The molecule has 4 heterocycles. The first-order chi connectivity index (χ1) is 14.6. The van der Waals surface area contributed by atoms with Gasteiger partial charge in [0.15, 0.2) is 0 Å². The molecule has 0 aliphatic carbocycles. The molecule has 2 amide bonds. The van der Waals surface area contributed by atoms with E-state index in [1.165, 1.54) is 0 Å². The van der Waals surface area contributed by atoms with E-state index in [-0.39, 0.29) is 23.1 Å². The molecule has 0 saturated carbocycles. The summed E-state index contributed by atoms with van der Waals surface area (Å²) in [5.41, 5.74) is 1.36. The van der Waals surface area contributed by atoms with E-state index in [0.29, 0.717) is 38.5 Å². The Labute approximate surface area is 176 Å². The number of amides is 2. The molecule has 8 heteroatoms. The molecule has 4 rings (SSSR count). The number of nitrogens with one attached hydrogen (secondary N) is 1. The minimum atomic E-state index is -0.226. The molecule has 0 aromatic carbocycles. The van der Waals surface area contributed by atoms with Gasteiger partial charge in [0.2, 0.25) is 5.91 Å². The number of likely N-dealkylation sites (tertiary alicyclic amines) is 1. The zero-order chi connectivity index (χ0) is 21.0. The monoisotopic (exact) mass is 411 g/mol. The molecule has 2 saturated heterocycles. The maximum Gasteiger partial charge on any atom is 0.274 e. The SMILES string of the molecule is CCn1ccc(C(=O)N2CC(C(=O)NCCc3ccncc3)C3(CCOCC3)C2)n1. The molecule has 2 fully saturated rings. The summed E-state index contributed by atoms with van der Waals surface area (Å²) in [4.78, 5) is 32.0. The van der Waals surface area contributed by atoms with Crippen LogP contribution >= 0.6 is 0 Å². The van der Waals surface area contributed by atoms with Crippen LogP contribution < -0.4 is 5.32 Å². The number of hydrogen-bond acceptors (Lipinski definition) is 5. The third-order valence-electron chi connectivity index (χ3n) is 6.39. The normalized spacial score (nSPS) is 20.4. The fourth-order valence-corrected chi connectivity index (χ4v) is 4.59. The van der Waals surface area contributed by atoms with Crippen molar-refractivity contribution in [1.82, 2.24) is 25.0 Å². The minimum absolute atomic E-state index is 0.0281. The predicted molar refractivity (Wildman–Crippen MR) is 111 cm³/mol. The predicted octanol–water partition coefficient (Wildman–Crippen LogP) is 1.53. The molecule has 2 aliphatic rings. The van der Waals surface area contributed by atoms with Crippen LogP contribution in [0, 0.1) is 11.3 Å². The van der Waals surface area contributed by atoms with Gasteiger partial charge in [-0.2, -0.15) is 5.10 Å². The molecule has 1 unspecified atom stereocenters. The largest absolute Gasteiger partial charge is 0.381 e. The highest BCUT2D eigenvalue weighted by molar-refractivity contribution is 5.93. The Morgan fingerprint density at radius 2 is 2.00 bits per heavy atom. The van der Waals surface area contributed by atoms with E-state index >= 15 is 0 Å². The molecular weight excluding hydrogens is 382 g/mol. The van der Waals surface area contributed by atoms with Gasteiger partial charge in [-0.05, 0) is 49.9 Å². The fourth-order valence-electron chi connectivity index (χ4n) is 4.59. The Hall–Kier alpha value is -2.74. The highest BCUT2D eigenvalue weighted by atomic mass is 16.5. The summed E-state index contributed by atoms with van der Waals surface area (Å²) < 4.78 is 7.31. The van der Waals surface area contributed by atoms with Gasteiger partial charge in [-0.3, -0.25) is 19.3 Å². The molecule has 1 N–H and O–H groups in total. The summed E-state index contributed by atoms with van der Waals surface area (Å²) in [5, 5.41) is 7.45. The van der Waals surface area contributed by atoms with Crippen molar-refractivity contribution < 1.29 is 14.3 Å². The summed E-state index contributed by atoms with van der Waals surface area (Å²) in [5.74, 6) is -0.295. The topological polar surface area (TPSA) is 89.4 Å². The zero-order valence-corrected chi connectivity index (χ0v) is 17.4. The second-order valence-electron chi connectivity index (χ2n) is 8.17.